The first-order valence-electron chi connectivity index (χ1n) is 12.4. The van der Waals surface area contributed by atoms with Gasteiger partial charge in [-0.25, -0.2) is 0 Å². The summed E-state index contributed by atoms with van der Waals surface area (Å²) in [6.45, 7) is 11.4. The van der Waals surface area contributed by atoms with Crippen LogP contribution in [0.2, 0.25) is 0 Å². The van der Waals surface area contributed by atoms with Crippen LogP contribution >= 0.6 is 0 Å². The Bertz CT molecular complexity index is 408. The molecule has 0 aliphatic carbocycles. The molecule has 0 aromatic heterocycles. The molecule has 8 heteroatoms. The lowest BCUT2D eigenvalue weighted by molar-refractivity contribution is -0.0124. The molecule has 1 unspecified atom stereocenters. The van der Waals surface area contributed by atoms with E-state index in [1.807, 2.05) is 0 Å². The van der Waals surface area contributed by atoms with Gasteiger partial charge in [0.1, 0.15) is 0 Å². The number of unbranched alkanes of at least 4 members (excludes halogenated alkanes) is 6. The minimum Gasteiger partial charge on any atom is -0.394 e. The van der Waals surface area contributed by atoms with E-state index in [0.29, 0.717) is 71.8 Å². The lowest BCUT2D eigenvalue weighted by Gasteiger charge is -2.24. The number of hydrogen-bond acceptors (Lipinski definition) is 7. The molecule has 0 amide bonds. The zero-order valence-corrected chi connectivity index (χ0v) is 21.8. The van der Waals surface area contributed by atoms with Crippen molar-refractivity contribution in [3.63, 3.8) is 0 Å². The smallest absolute Gasteiger partial charge is 0.0701 e. The Morgan fingerprint density at radius 2 is 1.03 bits per heavy atom. The average molecular weight is 483 g/mol. The molecule has 0 aliphatic heterocycles. The molecule has 0 aromatic rings. The Morgan fingerprint density at radius 3 is 1.50 bits per heavy atom. The van der Waals surface area contributed by atoms with Crippen LogP contribution in [0.1, 0.15) is 72.1 Å². The molecule has 0 spiro atoms. The number of aliphatic hydroxyl groups is 1. The molecule has 0 radical (unpaired) electrons. The predicted molar refractivity (Wildman–Crippen MR) is 131 cm³/mol. The summed E-state index contributed by atoms with van der Waals surface area (Å²) < 4.78 is 39.3. The first-order valence-corrected chi connectivity index (χ1v) is 13.7. The van der Waals surface area contributed by atoms with Crippen molar-refractivity contribution in [1.29, 1.82) is 0 Å². The van der Waals surface area contributed by atoms with Gasteiger partial charge in [-0.3, -0.25) is 4.21 Å². The zero-order valence-electron chi connectivity index (χ0n) is 20.9. The van der Waals surface area contributed by atoms with Gasteiger partial charge >= 0.3 is 0 Å². The van der Waals surface area contributed by atoms with Crippen LogP contribution in [-0.4, -0.2) is 92.5 Å². The van der Waals surface area contributed by atoms with Crippen molar-refractivity contribution in [2.45, 2.75) is 76.9 Å². The molecule has 0 saturated carbocycles. The average Bonchev–Trinajstić information content (AvgIpc) is 2.78. The van der Waals surface area contributed by atoms with Crippen molar-refractivity contribution in [1.82, 2.24) is 0 Å². The van der Waals surface area contributed by atoms with Crippen LogP contribution in [0, 0.1) is 0 Å². The lowest BCUT2D eigenvalue weighted by atomic mass is 10.0. The molecule has 1 N–H and O–H groups in total. The number of aliphatic hydroxyl groups excluding tert-OH is 1. The van der Waals surface area contributed by atoms with Crippen molar-refractivity contribution in [2.75, 3.05) is 78.4 Å². The van der Waals surface area contributed by atoms with Gasteiger partial charge in [-0.2, -0.15) is 0 Å². The standard InChI is InChI=1S/C24H50O7S/c1-4-5-6-7-8-9-10-11-24(2,3)32(26)23-22-31-21-20-30-19-18-29-17-16-28-15-14-27-13-12-25/h25H,4-23H2,1-3H3. The van der Waals surface area contributed by atoms with Crippen molar-refractivity contribution < 1.29 is 33.0 Å². The highest BCUT2D eigenvalue weighted by molar-refractivity contribution is 7.86. The summed E-state index contributed by atoms with van der Waals surface area (Å²) >= 11 is 0. The Morgan fingerprint density at radius 1 is 0.625 bits per heavy atom. The van der Waals surface area contributed by atoms with E-state index >= 15 is 0 Å². The van der Waals surface area contributed by atoms with E-state index in [1.54, 1.807) is 0 Å². The summed E-state index contributed by atoms with van der Waals surface area (Å²) in [5.74, 6) is 0.581. The van der Waals surface area contributed by atoms with Crippen LogP contribution in [0.25, 0.3) is 0 Å². The second kappa shape index (κ2) is 24.0. The molecule has 0 aliphatic rings. The molecule has 0 saturated heterocycles. The van der Waals surface area contributed by atoms with E-state index in [-0.39, 0.29) is 11.4 Å². The quantitative estimate of drug-likeness (QED) is 0.188. The molecule has 0 heterocycles. The zero-order chi connectivity index (χ0) is 23.8. The Labute approximate surface area is 199 Å². The van der Waals surface area contributed by atoms with Gasteiger partial charge in [-0.15, -0.1) is 0 Å². The van der Waals surface area contributed by atoms with Gasteiger partial charge in [0.15, 0.2) is 0 Å². The van der Waals surface area contributed by atoms with Gasteiger partial charge in [-0.05, 0) is 20.3 Å². The van der Waals surface area contributed by atoms with E-state index in [1.165, 1.54) is 38.5 Å². The Kier molecular flexibility index (Phi) is 24.0. The van der Waals surface area contributed by atoms with Gasteiger partial charge in [-0.1, -0.05) is 51.9 Å². The van der Waals surface area contributed by atoms with Crippen LogP contribution in [0.15, 0.2) is 0 Å². The summed E-state index contributed by atoms with van der Waals surface area (Å²) in [6, 6.07) is 0. The summed E-state index contributed by atoms with van der Waals surface area (Å²) in [4.78, 5) is 0. The maximum absolute atomic E-state index is 12.6. The Balaban J connectivity index is 3.40. The minimum atomic E-state index is -0.875. The number of rotatable bonds is 26. The highest BCUT2D eigenvalue weighted by atomic mass is 32.2. The van der Waals surface area contributed by atoms with Gasteiger partial charge in [0.05, 0.1) is 72.7 Å². The molecule has 1 atom stereocenters. The van der Waals surface area contributed by atoms with Crippen LogP contribution < -0.4 is 0 Å². The van der Waals surface area contributed by atoms with E-state index < -0.39 is 10.8 Å². The first kappa shape index (κ1) is 31.9. The minimum absolute atomic E-state index is 0.0329. The fourth-order valence-corrected chi connectivity index (χ4v) is 4.27. The van der Waals surface area contributed by atoms with Crippen molar-refractivity contribution in [3.05, 3.63) is 0 Å². The van der Waals surface area contributed by atoms with E-state index in [4.69, 9.17) is 28.8 Å². The third-order valence-electron chi connectivity index (χ3n) is 5.14. The number of hydrogen-bond donors (Lipinski definition) is 1. The summed E-state index contributed by atoms with van der Waals surface area (Å²) in [5, 5.41) is 8.56. The molecule has 0 fully saturated rings. The van der Waals surface area contributed by atoms with E-state index in [2.05, 4.69) is 20.8 Å². The Hall–Kier alpha value is -0.0900. The fourth-order valence-electron chi connectivity index (χ4n) is 3.08. The third-order valence-corrected chi connectivity index (χ3v) is 7.11. The van der Waals surface area contributed by atoms with Gasteiger partial charge < -0.3 is 28.8 Å². The molecule has 0 rings (SSSR count). The summed E-state index contributed by atoms with van der Waals surface area (Å²) in [6.07, 6.45) is 10.0. The molecule has 194 valence electrons. The van der Waals surface area contributed by atoms with Crippen LogP contribution in [-0.2, 0) is 34.5 Å². The van der Waals surface area contributed by atoms with Gasteiger partial charge in [0.2, 0.25) is 0 Å². The molecule has 7 nitrogen and oxygen atoms in total. The van der Waals surface area contributed by atoms with Crippen LogP contribution in [0.5, 0.6) is 0 Å². The second-order valence-electron chi connectivity index (χ2n) is 8.47. The second-order valence-corrected chi connectivity index (χ2v) is 10.7. The monoisotopic (exact) mass is 482 g/mol. The molecule has 32 heavy (non-hydrogen) atoms. The highest BCUT2D eigenvalue weighted by Crippen LogP contribution is 2.22. The molecule has 0 bridgehead atoms. The van der Waals surface area contributed by atoms with Crippen molar-refractivity contribution >= 4 is 10.8 Å². The largest absolute Gasteiger partial charge is 0.394 e. The SMILES string of the molecule is CCCCCCCCCC(C)(C)S(=O)CCOCCOCCOCCOCCOCCO. The number of ether oxygens (including phenoxy) is 5. The maximum Gasteiger partial charge on any atom is 0.0701 e. The molecule has 0 aromatic carbocycles. The normalized spacial score (nSPS) is 13.0. The van der Waals surface area contributed by atoms with Gasteiger partial charge in [0.25, 0.3) is 0 Å². The van der Waals surface area contributed by atoms with Crippen LogP contribution in [0.4, 0.5) is 0 Å². The van der Waals surface area contributed by atoms with Gasteiger partial charge in [0, 0.05) is 21.3 Å². The third kappa shape index (κ3) is 21.7. The topological polar surface area (TPSA) is 83.5 Å². The lowest BCUT2D eigenvalue weighted by Crippen LogP contribution is -2.30. The molecular weight excluding hydrogens is 432 g/mol. The van der Waals surface area contributed by atoms with E-state index in [9.17, 15) is 4.21 Å². The molecular formula is C24H50O7S. The first-order chi connectivity index (χ1) is 15.5. The van der Waals surface area contributed by atoms with E-state index in [0.717, 1.165) is 12.8 Å². The fraction of sp³-hybridized carbons (Fsp3) is 1.00. The summed E-state index contributed by atoms with van der Waals surface area (Å²) in [5.41, 5.74) is 0. The highest BCUT2D eigenvalue weighted by Gasteiger charge is 2.24. The van der Waals surface area contributed by atoms with Crippen molar-refractivity contribution in [2.24, 2.45) is 0 Å². The van der Waals surface area contributed by atoms with Crippen LogP contribution in [0.3, 0.4) is 0 Å². The summed E-state index contributed by atoms with van der Waals surface area (Å²) in [7, 11) is -0.875. The predicted octanol–water partition coefficient (Wildman–Crippen LogP) is 3.73. The van der Waals surface area contributed by atoms with Crippen molar-refractivity contribution in [3.8, 4) is 0 Å². The maximum atomic E-state index is 12.6.